The van der Waals surface area contributed by atoms with E-state index in [0.29, 0.717) is 31.1 Å². The normalized spacial score (nSPS) is 26.1. The predicted molar refractivity (Wildman–Crippen MR) is 111 cm³/mol. The van der Waals surface area contributed by atoms with E-state index < -0.39 is 9.84 Å². The minimum atomic E-state index is -3.09. The highest BCUT2D eigenvalue weighted by atomic mass is 32.2. The van der Waals surface area contributed by atoms with Crippen LogP contribution in [0.4, 0.5) is 0 Å². The molecule has 2 aliphatic heterocycles. The molecular formula is C22H26N2O4S. The molecule has 2 atom stereocenters. The van der Waals surface area contributed by atoms with Crippen LogP contribution in [0, 0.1) is 0 Å². The van der Waals surface area contributed by atoms with E-state index in [-0.39, 0.29) is 29.6 Å². The average Bonchev–Trinajstić information content (AvgIpc) is 3.32. The molecule has 3 aliphatic rings. The van der Waals surface area contributed by atoms with Crippen LogP contribution in [0.2, 0.25) is 0 Å². The molecule has 7 heteroatoms. The van der Waals surface area contributed by atoms with Crippen molar-refractivity contribution >= 4 is 26.6 Å². The fourth-order valence-corrected chi connectivity index (χ4v) is 6.27. The van der Waals surface area contributed by atoms with Crippen molar-refractivity contribution in [2.75, 3.05) is 24.7 Å². The number of rotatable bonds is 5. The van der Waals surface area contributed by atoms with Crippen LogP contribution in [0.25, 0.3) is 10.9 Å². The lowest BCUT2D eigenvalue weighted by atomic mass is 10.0. The van der Waals surface area contributed by atoms with E-state index in [2.05, 4.69) is 0 Å². The quantitative estimate of drug-likeness (QED) is 0.752. The summed E-state index contributed by atoms with van der Waals surface area (Å²) in [5.74, 6) is 0.536. The molecule has 0 bridgehead atoms. The van der Waals surface area contributed by atoms with Crippen LogP contribution in [0.15, 0.2) is 30.3 Å². The lowest BCUT2D eigenvalue weighted by Crippen LogP contribution is -2.45. The number of carbonyl (C=O) groups excluding carboxylic acids is 1. The Morgan fingerprint density at radius 1 is 1.17 bits per heavy atom. The van der Waals surface area contributed by atoms with E-state index in [4.69, 9.17) is 9.72 Å². The Labute approximate surface area is 171 Å². The van der Waals surface area contributed by atoms with Crippen LogP contribution in [-0.4, -0.2) is 61.0 Å². The van der Waals surface area contributed by atoms with Crippen molar-refractivity contribution < 1.29 is 17.9 Å². The highest BCUT2D eigenvalue weighted by Gasteiger charge is 2.37. The van der Waals surface area contributed by atoms with Gasteiger partial charge in [0, 0.05) is 36.2 Å². The molecule has 1 aromatic carbocycles. The topological polar surface area (TPSA) is 76.6 Å². The number of sulfone groups is 1. The second-order valence-corrected chi connectivity index (χ2v) is 10.8. The minimum absolute atomic E-state index is 0.0155. The molecule has 1 saturated carbocycles. The number of hydrogen-bond donors (Lipinski definition) is 0. The van der Waals surface area contributed by atoms with Gasteiger partial charge in [0.15, 0.2) is 9.84 Å². The molecule has 2 aromatic rings. The summed E-state index contributed by atoms with van der Waals surface area (Å²) in [7, 11) is -3.09. The van der Waals surface area contributed by atoms with Crippen molar-refractivity contribution in [1.82, 2.24) is 9.88 Å². The van der Waals surface area contributed by atoms with Gasteiger partial charge in [-0.15, -0.1) is 0 Å². The summed E-state index contributed by atoms with van der Waals surface area (Å²) in [6, 6.07) is 9.39. The molecule has 2 unspecified atom stereocenters. The van der Waals surface area contributed by atoms with Crippen LogP contribution < -0.4 is 0 Å². The van der Waals surface area contributed by atoms with E-state index >= 15 is 0 Å². The van der Waals surface area contributed by atoms with Gasteiger partial charge in [0.25, 0.3) is 5.91 Å². The average molecular weight is 415 g/mol. The Bertz CT molecular complexity index is 1040. The first-order valence-corrected chi connectivity index (χ1v) is 12.3. The van der Waals surface area contributed by atoms with Gasteiger partial charge in [0.1, 0.15) is 0 Å². The lowest BCUT2D eigenvalue weighted by Gasteiger charge is -2.31. The summed E-state index contributed by atoms with van der Waals surface area (Å²) in [5, 5.41) is 0.833. The number of aromatic nitrogens is 1. The highest BCUT2D eigenvalue weighted by molar-refractivity contribution is 7.91. The minimum Gasteiger partial charge on any atom is -0.376 e. The Morgan fingerprint density at radius 3 is 2.69 bits per heavy atom. The first-order chi connectivity index (χ1) is 14.0. The standard InChI is InChI=1S/C22H26N2O4S/c25-22(19-12-21(15-7-8-15)23-20-6-2-1-5-18(19)20)24(13-17-4-3-10-28-17)16-9-11-29(26,27)14-16/h1-2,5-6,12,15-17H,3-4,7-11,13-14H2. The first kappa shape index (κ1) is 19.0. The van der Waals surface area contributed by atoms with E-state index in [1.807, 2.05) is 30.3 Å². The van der Waals surface area contributed by atoms with Crippen LogP contribution in [0.1, 0.15) is 54.1 Å². The van der Waals surface area contributed by atoms with Gasteiger partial charge in [-0.2, -0.15) is 0 Å². The summed E-state index contributed by atoms with van der Waals surface area (Å²) in [4.78, 5) is 20.3. The van der Waals surface area contributed by atoms with E-state index in [9.17, 15) is 13.2 Å². The summed E-state index contributed by atoms with van der Waals surface area (Å²) < 4.78 is 30.0. The number of hydrogen-bond acceptors (Lipinski definition) is 5. The van der Waals surface area contributed by atoms with Gasteiger partial charge in [-0.3, -0.25) is 9.78 Å². The summed E-state index contributed by atoms with van der Waals surface area (Å²) in [6.45, 7) is 1.16. The van der Waals surface area contributed by atoms with Gasteiger partial charge >= 0.3 is 0 Å². The molecule has 3 fully saturated rings. The Hall–Kier alpha value is -1.99. The number of amides is 1. The molecule has 6 nitrogen and oxygen atoms in total. The molecule has 1 aliphatic carbocycles. The van der Waals surface area contributed by atoms with Crippen molar-refractivity contribution in [3.05, 3.63) is 41.6 Å². The van der Waals surface area contributed by atoms with E-state index in [1.165, 1.54) is 0 Å². The molecule has 0 N–H and O–H groups in total. The maximum Gasteiger partial charge on any atom is 0.254 e. The molecule has 3 heterocycles. The molecule has 1 aromatic heterocycles. The zero-order valence-corrected chi connectivity index (χ0v) is 17.2. The number of pyridine rings is 1. The van der Waals surface area contributed by atoms with E-state index in [1.54, 1.807) is 4.90 Å². The van der Waals surface area contributed by atoms with Gasteiger partial charge in [0.2, 0.25) is 0 Å². The number of benzene rings is 1. The maximum atomic E-state index is 13.8. The maximum absolute atomic E-state index is 13.8. The fraction of sp³-hybridized carbons (Fsp3) is 0.545. The van der Waals surface area contributed by atoms with Crippen molar-refractivity contribution in [3.8, 4) is 0 Å². The molecular weight excluding hydrogens is 388 g/mol. The summed E-state index contributed by atoms with van der Waals surface area (Å²) in [5.41, 5.74) is 2.44. The smallest absolute Gasteiger partial charge is 0.254 e. The summed E-state index contributed by atoms with van der Waals surface area (Å²) in [6.07, 6.45) is 4.60. The number of ether oxygens (including phenoxy) is 1. The second kappa shape index (κ2) is 7.36. The van der Waals surface area contributed by atoms with Crippen LogP contribution in [0.3, 0.4) is 0 Å². The van der Waals surface area contributed by atoms with Crippen LogP contribution >= 0.6 is 0 Å². The third kappa shape index (κ3) is 3.90. The zero-order chi connectivity index (χ0) is 20.0. The number of para-hydroxylation sites is 1. The van der Waals surface area contributed by atoms with Gasteiger partial charge in [-0.05, 0) is 44.2 Å². The Balaban J connectivity index is 1.54. The molecule has 29 heavy (non-hydrogen) atoms. The van der Waals surface area contributed by atoms with Crippen LogP contribution in [-0.2, 0) is 14.6 Å². The number of fused-ring (bicyclic) bond motifs is 1. The molecule has 0 radical (unpaired) electrons. The van der Waals surface area contributed by atoms with E-state index in [0.717, 1.165) is 42.3 Å². The molecule has 154 valence electrons. The monoisotopic (exact) mass is 414 g/mol. The zero-order valence-electron chi connectivity index (χ0n) is 16.4. The molecule has 1 amide bonds. The third-order valence-corrected chi connectivity index (χ3v) is 8.05. The van der Waals surface area contributed by atoms with Gasteiger partial charge in [-0.1, -0.05) is 18.2 Å². The fourth-order valence-electron chi connectivity index (χ4n) is 4.54. The van der Waals surface area contributed by atoms with Gasteiger partial charge in [0.05, 0.1) is 28.7 Å². The lowest BCUT2D eigenvalue weighted by molar-refractivity contribution is 0.0442. The van der Waals surface area contributed by atoms with Crippen molar-refractivity contribution in [1.29, 1.82) is 0 Å². The third-order valence-electron chi connectivity index (χ3n) is 6.30. The first-order valence-electron chi connectivity index (χ1n) is 10.5. The predicted octanol–water partition coefficient (Wildman–Crippen LogP) is 2.92. The SMILES string of the molecule is O=C(c1cc(C2CC2)nc2ccccc12)N(CC1CCCO1)C1CCS(=O)(=O)C1. The largest absolute Gasteiger partial charge is 0.376 e. The van der Waals surface area contributed by atoms with Crippen LogP contribution in [0.5, 0.6) is 0 Å². The molecule has 5 rings (SSSR count). The molecule has 2 saturated heterocycles. The van der Waals surface area contributed by atoms with Crippen molar-refractivity contribution in [2.45, 2.75) is 50.2 Å². The van der Waals surface area contributed by atoms with Gasteiger partial charge < -0.3 is 9.64 Å². The summed E-state index contributed by atoms with van der Waals surface area (Å²) >= 11 is 0. The van der Waals surface area contributed by atoms with Crippen molar-refractivity contribution in [3.63, 3.8) is 0 Å². The highest BCUT2D eigenvalue weighted by Crippen LogP contribution is 2.40. The Kier molecular flexibility index (Phi) is 4.82. The second-order valence-electron chi connectivity index (χ2n) is 8.54. The molecule has 0 spiro atoms. The number of nitrogens with zero attached hydrogens (tertiary/aromatic N) is 2. The van der Waals surface area contributed by atoms with Crippen molar-refractivity contribution in [2.24, 2.45) is 0 Å². The van der Waals surface area contributed by atoms with Gasteiger partial charge in [-0.25, -0.2) is 8.42 Å². The number of carbonyl (C=O) groups is 1. The Morgan fingerprint density at radius 2 is 2.00 bits per heavy atom.